The molecule has 1 heterocycles. The SMILES string of the molecule is COc1ccccc1-c1coc2cc(OC(=O)COc3c(F)c(F)c(F)c(F)c3F)ccc2c1=O. The van der Waals surface area contributed by atoms with Gasteiger partial charge in [-0.25, -0.2) is 18.0 Å². The molecular formula is C24H13F5O6. The van der Waals surface area contributed by atoms with Crippen LogP contribution in [0, 0.1) is 29.1 Å². The van der Waals surface area contributed by atoms with Crippen molar-refractivity contribution < 1.29 is 45.4 Å². The molecule has 0 amide bonds. The van der Waals surface area contributed by atoms with Crippen molar-refractivity contribution in [3.8, 4) is 28.4 Å². The van der Waals surface area contributed by atoms with Crippen molar-refractivity contribution in [1.29, 1.82) is 0 Å². The zero-order valence-electron chi connectivity index (χ0n) is 17.7. The van der Waals surface area contributed by atoms with Crippen molar-refractivity contribution in [2.45, 2.75) is 0 Å². The van der Waals surface area contributed by atoms with Crippen molar-refractivity contribution >= 4 is 16.9 Å². The smallest absolute Gasteiger partial charge is 0.349 e. The van der Waals surface area contributed by atoms with Crippen LogP contribution in [0.2, 0.25) is 0 Å². The fourth-order valence-corrected chi connectivity index (χ4v) is 3.23. The van der Waals surface area contributed by atoms with Crippen LogP contribution in [0.5, 0.6) is 17.2 Å². The third-order valence-corrected chi connectivity index (χ3v) is 4.88. The van der Waals surface area contributed by atoms with Crippen LogP contribution in [0.25, 0.3) is 22.1 Å². The highest BCUT2D eigenvalue weighted by Crippen LogP contribution is 2.30. The third-order valence-electron chi connectivity index (χ3n) is 4.88. The van der Waals surface area contributed by atoms with Gasteiger partial charge in [-0.1, -0.05) is 18.2 Å². The molecule has 0 fully saturated rings. The molecule has 4 rings (SSSR count). The van der Waals surface area contributed by atoms with E-state index in [9.17, 15) is 31.5 Å². The van der Waals surface area contributed by atoms with E-state index in [2.05, 4.69) is 4.74 Å². The molecule has 0 saturated carbocycles. The van der Waals surface area contributed by atoms with Gasteiger partial charge in [-0.15, -0.1) is 0 Å². The first-order valence-electron chi connectivity index (χ1n) is 9.76. The van der Waals surface area contributed by atoms with Gasteiger partial charge in [0, 0.05) is 11.6 Å². The number of ether oxygens (including phenoxy) is 3. The number of methoxy groups -OCH3 is 1. The van der Waals surface area contributed by atoms with Gasteiger partial charge in [0.2, 0.25) is 34.5 Å². The summed E-state index contributed by atoms with van der Waals surface area (Å²) in [4.78, 5) is 24.9. The van der Waals surface area contributed by atoms with E-state index >= 15 is 0 Å². The predicted octanol–water partition coefficient (Wildman–Crippen LogP) is 5.15. The number of para-hydroxylation sites is 1. The predicted molar refractivity (Wildman–Crippen MR) is 112 cm³/mol. The van der Waals surface area contributed by atoms with E-state index < -0.39 is 47.4 Å². The van der Waals surface area contributed by atoms with Crippen LogP contribution in [-0.4, -0.2) is 19.7 Å². The van der Waals surface area contributed by atoms with Gasteiger partial charge in [-0.3, -0.25) is 4.79 Å². The number of carbonyl (C=O) groups excluding carboxylic acids is 1. The lowest BCUT2D eigenvalue weighted by atomic mass is 10.0. The molecule has 0 spiro atoms. The quantitative estimate of drug-likeness (QED) is 0.122. The molecule has 0 radical (unpaired) electrons. The van der Waals surface area contributed by atoms with Crippen LogP contribution in [0.15, 0.2) is 57.9 Å². The Bertz CT molecular complexity index is 1490. The molecule has 11 heteroatoms. The summed E-state index contributed by atoms with van der Waals surface area (Å²) in [6.07, 6.45) is 1.21. The van der Waals surface area contributed by atoms with Crippen LogP contribution in [0.1, 0.15) is 0 Å². The summed E-state index contributed by atoms with van der Waals surface area (Å²) < 4.78 is 87.0. The van der Waals surface area contributed by atoms with Crippen LogP contribution in [0.3, 0.4) is 0 Å². The number of halogens is 5. The molecule has 0 atom stereocenters. The summed E-state index contributed by atoms with van der Waals surface area (Å²) in [5.41, 5.74) is 0.408. The van der Waals surface area contributed by atoms with Gasteiger partial charge in [0.15, 0.2) is 12.4 Å². The van der Waals surface area contributed by atoms with Crippen LogP contribution in [-0.2, 0) is 4.79 Å². The lowest BCUT2D eigenvalue weighted by Gasteiger charge is -2.10. The topological polar surface area (TPSA) is 75.0 Å². The average Bonchev–Trinajstić information content (AvgIpc) is 2.86. The van der Waals surface area contributed by atoms with E-state index in [1.165, 1.54) is 31.6 Å². The highest BCUT2D eigenvalue weighted by atomic mass is 19.2. The second-order valence-corrected chi connectivity index (χ2v) is 7.00. The highest BCUT2D eigenvalue weighted by molar-refractivity contribution is 5.84. The van der Waals surface area contributed by atoms with Gasteiger partial charge < -0.3 is 18.6 Å². The van der Waals surface area contributed by atoms with E-state index in [4.69, 9.17) is 13.9 Å². The molecule has 180 valence electrons. The number of benzene rings is 3. The van der Waals surface area contributed by atoms with Crippen molar-refractivity contribution in [1.82, 2.24) is 0 Å². The van der Waals surface area contributed by atoms with Crippen molar-refractivity contribution in [3.05, 3.63) is 88.0 Å². The average molecular weight is 492 g/mol. The minimum atomic E-state index is -2.36. The standard InChI is InChI=1S/C24H13F5O6/c1-32-15-5-3-2-4-12(15)14-9-33-16-8-11(6-7-13(16)23(14)31)35-17(30)10-34-24-21(28)19(26)18(25)20(27)22(24)29/h2-9H,10H2,1H3. The Morgan fingerprint density at radius 2 is 1.54 bits per heavy atom. The molecule has 1 aromatic heterocycles. The summed E-state index contributed by atoms with van der Waals surface area (Å²) >= 11 is 0. The van der Waals surface area contributed by atoms with Gasteiger partial charge in [0.05, 0.1) is 18.1 Å². The van der Waals surface area contributed by atoms with Crippen LogP contribution >= 0.6 is 0 Å². The Morgan fingerprint density at radius 1 is 0.886 bits per heavy atom. The zero-order chi connectivity index (χ0) is 25.3. The Balaban J connectivity index is 1.54. The maximum Gasteiger partial charge on any atom is 0.349 e. The van der Waals surface area contributed by atoms with E-state index in [0.717, 1.165) is 0 Å². The van der Waals surface area contributed by atoms with Crippen molar-refractivity contribution in [2.75, 3.05) is 13.7 Å². The molecule has 35 heavy (non-hydrogen) atoms. The normalized spacial score (nSPS) is 10.9. The molecule has 0 aliphatic heterocycles. The Kier molecular flexibility index (Phi) is 6.41. The Labute approximate surface area is 193 Å². The Hall–Kier alpha value is -4.41. The number of rotatable bonds is 6. The van der Waals surface area contributed by atoms with Gasteiger partial charge in [-0.2, -0.15) is 8.78 Å². The lowest BCUT2D eigenvalue weighted by Crippen LogP contribution is -2.19. The number of hydrogen-bond donors (Lipinski definition) is 0. The van der Waals surface area contributed by atoms with E-state index in [-0.39, 0.29) is 27.7 Å². The highest BCUT2D eigenvalue weighted by Gasteiger charge is 2.27. The molecule has 0 N–H and O–H groups in total. The van der Waals surface area contributed by atoms with Crippen molar-refractivity contribution in [2.24, 2.45) is 0 Å². The molecule has 0 aliphatic rings. The van der Waals surface area contributed by atoms with E-state index in [1.807, 2.05) is 0 Å². The fourth-order valence-electron chi connectivity index (χ4n) is 3.23. The first-order chi connectivity index (χ1) is 16.7. The fraction of sp³-hybridized carbons (Fsp3) is 0.0833. The maximum atomic E-state index is 13.6. The van der Waals surface area contributed by atoms with Crippen LogP contribution in [0.4, 0.5) is 22.0 Å². The van der Waals surface area contributed by atoms with Crippen LogP contribution < -0.4 is 19.6 Å². The van der Waals surface area contributed by atoms with Crippen molar-refractivity contribution in [3.63, 3.8) is 0 Å². The molecule has 4 aromatic rings. The van der Waals surface area contributed by atoms with Gasteiger partial charge in [-0.05, 0) is 18.2 Å². The molecule has 6 nitrogen and oxygen atoms in total. The molecule has 0 bridgehead atoms. The summed E-state index contributed by atoms with van der Waals surface area (Å²) in [6, 6.07) is 10.6. The zero-order valence-corrected chi connectivity index (χ0v) is 17.7. The second-order valence-electron chi connectivity index (χ2n) is 7.00. The number of hydrogen-bond acceptors (Lipinski definition) is 6. The number of carbonyl (C=O) groups is 1. The monoisotopic (exact) mass is 492 g/mol. The maximum absolute atomic E-state index is 13.6. The largest absolute Gasteiger partial charge is 0.496 e. The van der Waals surface area contributed by atoms with E-state index in [0.29, 0.717) is 11.3 Å². The van der Waals surface area contributed by atoms with Gasteiger partial charge in [0.1, 0.15) is 23.3 Å². The lowest BCUT2D eigenvalue weighted by molar-refractivity contribution is -0.136. The van der Waals surface area contributed by atoms with Gasteiger partial charge >= 0.3 is 5.97 Å². The van der Waals surface area contributed by atoms with Gasteiger partial charge in [0.25, 0.3) is 0 Å². The summed E-state index contributed by atoms with van der Waals surface area (Å²) in [5.74, 6) is -13.8. The first-order valence-corrected chi connectivity index (χ1v) is 9.76. The summed E-state index contributed by atoms with van der Waals surface area (Å²) in [5, 5.41) is 0.158. The minimum absolute atomic E-state index is 0.0552. The van der Waals surface area contributed by atoms with E-state index in [1.54, 1.807) is 24.3 Å². The molecular weight excluding hydrogens is 479 g/mol. The number of esters is 1. The third kappa shape index (κ3) is 4.39. The summed E-state index contributed by atoms with van der Waals surface area (Å²) in [7, 11) is 1.46. The Morgan fingerprint density at radius 3 is 2.23 bits per heavy atom. The summed E-state index contributed by atoms with van der Waals surface area (Å²) in [6.45, 7) is -1.17. The minimum Gasteiger partial charge on any atom is -0.496 e. The molecule has 0 saturated heterocycles. The molecule has 0 unspecified atom stereocenters. The first kappa shape index (κ1) is 23.7. The second kappa shape index (κ2) is 9.45. The molecule has 0 aliphatic carbocycles. The number of fused-ring (bicyclic) bond motifs is 1. The molecule has 3 aromatic carbocycles.